The van der Waals surface area contributed by atoms with E-state index in [2.05, 4.69) is 96.7 Å². The van der Waals surface area contributed by atoms with E-state index in [1.165, 1.54) is 5.56 Å². The Morgan fingerprint density at radius 2 is 1.51 bits per heavy atom. The molecule has 6 N–H and O–H groups in total. The van der Waals surface area contributed by atoms with Crippen LogP contribution in [0.15, 0.2) is 73.6 Å². The third-order valence-electron chi connectivity index (χ3n) is 4.65. The summed E-state index contributed by atoms with van der Waals surface area (Å²) < 4.78 is 0. The molecular weight excluding hydrogens is 512 g/mol. The highest BCUT2D eigenvalue weighted by atomic mass is 16.2. The second-order valence-corrected chi connectivity index (χ2v) is 10.0. The summed E-state index contributed by atoms with van der Waals surface area (Å²) in [6.45, 7) is 20.5. The molecule has 0 spiro atoms. The van der Waals surface area contributed by atoms with Gasteiger partial charge in [-0.05, 0) is 48.6 Å². The molecular formula is C33H56N6O2. The van der Waals surface area contributed by atoms with E-state index < -0.39 is 0 Å². The summed E-state index contributed by atoms with van der Waals surface area (Å²) in [6.07, 6.45) is 4.56. The monoisotopic (exact) mass is 568 g/mol. The SMILES string of the molecule is C=CO.CC.CC(C)(C)C.CCc1cnc(Nc2cccc(NC)c2)nc1NCCCNCc1ccccc1.CO. The maximum absolute atomic E-state index is 7.33. The van der Waals surface area contributed by atoms with Crippen molar-refractivity contribution >= 4 is 23.1 Å². The summed E-state index contributed by atoms with van der Waals surface area (Å²) >= 11 is 0. The van der Waals surface area contributed by atoms with Crippen LogP contribution in [-0.4, -0.2) is 47.4 Å². The lowest BCUT2D eigenvalue weighted by Gasteiger charge is -2.13. The molecule has 1 aromatic heterocycles. The van der Waals surface area contributed by atoms with Crippen molar-refractivity contribution < 1.29 is 10.2 Å². The average Bonchev–Trinajstić information content (AvgIpc) is 2.97. The molecule has 2 aromatic carbocycles. The first-order valence-corrected chi connectivity index (χ1v) is 14.3. The second-order valence-electron chi connectivity index (χ2n) is 10.0. The van der Waals surface area contributed by atoms with E-state index in [1.807, 2.05) is 57.4 Å². The second kappa shape index (κ2) is 25.4. The number of anilines is 4. The summed E-state index contributed by atoms with van der Waals surface area (Å²) in [7, 11) is 2.91. The number of hydrogen-bond acceptors (Lipinski definition) is 8. The minimum atomic E-state index is 0.500. The van der Waals surface area contributed by atoms with Crippen LogP contribution >= 0.6 is 0 Å². The van der Waals surface area contributed by atoms with Crippen molar-refractivity contribution in [3.8, 4) is 0 Å². The number of aliphatic hydroxyl groups excluding tert-OH is 2. The molecule has 0 aliphatic rings. The molecule has 0 saturated carbocycles. The van der Waals surface area contributed by atoms with Gasteiger partial charge in [0.2, 0.25) is 5.95 Å². The first-order valence-electron chi connectivity index (χ1n) is 14.3. The zero-order chi connectivity index (χ0) is 31.5. The van der Waals surface area contributed by atoms with Crippen LogP contribution in [0.2, 0.25) is 0 Å². The van der Waals surface area contributed by atoms with Crippen molar-refractivity contribution in [1.82, 2.24) is 15.3 Å². The molecule has 41 heavy (non-hydrogen) atoms. The van der Waals surface area contributed by atoms with Crippen LogP contribution < -0.4 is 21.3 Å². The first kappa shape index (κ1) is 39.5. The van der Waals surface area contributed by atoms with Crippen LogP contribution in [0.5, 0.6) is 0 Å². The van der Waals surface area contributed by atoms with Crippen molar-refractivity contribution in [2.45, 2.75) is 67.9 Å². The summed E-state index contributed by atoms with van der Waals surface area (Å²) in [4.78, 5) is 9.14. The van der Waals surface area contributed by atoms with Crippen molar-refractivity contribution in [3.63, 3.8) is 0 Å². The smallest absolute Gasteiger partial charge is 0.229 e. The number of rotatable bonds is 11. The minimum Gasteiger partial charge on any atom is -0.516 e. The van der Waals surface area contributed by atoms with Crippen LogP contribution in [0.25, 0.3) is 0 Å². The Morgan fingerprint density at radius 1 is 0.927 bits per heavy atom. The molecule has 0 atom stereocenters. The summed E-state index contributed by atoms with van der Waals surface area (Å²) in [5, 5.41) is 27.7. The van der Waals surface area contributed by atoms with Crippen molar-refractivity contribution in [1.29, 1.82) is 0 Å². The molecule has 0 aliphatic carbocycles. The fourth-order valence-electron chi connectivity index (χ4n) is 3.01. The van der Waals surface area contributed by atoms with Crippen LogP contribution in [0.4, 0.5) is 23.1 Å². The van der Waals surface area contributed by atoms with E-state index in [4.69, 9.17) is 10.2 Å². The number of aromatic nitrogens is 2. The lowest BCUT2D eigenvalue weighted by Crippen LogP contribution is -2.18. The Balaban J connectivity index is 0. The quantitative estimate of drug-likeness (QED) is 0.103. The largest absolute Gasteiger partial charge is 0.516 e. The van der Waals surface area contributed by atoms with Gasteiger partial charge in [-0.25, -0.2) is 4.98 Å². The number of benzene rings is 2. The molecule has 8 heteroatoms. The molecule has 3 rings (SSSR count). The topological polar surface area (TPSA) is 114 Å². The van der Waals surface area contributed by atoms with E-state index in [1.54, 1.807) is 0 Å². The maximum atomic E-state index is 7.33. The minimum absolute atomic E-state index is 0.500. The van der Waals surface area contributed by atoms with Gasteiger partial charge in [-0.3, -0.25) is 0 Å². The third kappa shape index (κ3) is 21.8. The number of nitrogens with zero attached hydrogens (tertiary/aromatic N) is 2. The fraction of sp³-hybridized carbons (Fsp3) is 0.455. The molecule has 3 aromatic rings. The molecule has 0 unspecified atom stereocenters. The summed E-state index contributed by atoms with van der Waals surface area (Å²) in [5.41, 5.74) is 4.93. The summed E-state index contributed by atoms with van der Waals surface area (Å²) in [5.74, 6) is 1.50. The van der Waals surface area contributed by atoms with E-state index in [9.17, 15) is 0 Å². The standard InChI is InChI=1S/C23H30N6.C5H12.C2H4O.C2H6.CH4O/c1-3-19-17-27-23(28-21-12-7-11-20(15-21)24-2)29-22(19)26-14-8-13-25-16-18-9-5-4-6-10-18;1-5(2,3)4;1-2-3;2*1-2/h4-7,9-12,15,17,24-25H,3,8,13-14,16H2,1-2H3,(H2,26,27,28,29);1-4H3;2-3H,1H2;1-2H3;2H,1H3. The number of aryl methyl sites for hydroxylation is 1. The van der Waals surface area contributed by atoms with Gasteiger partial charge in [-0.2, -0.15) is 4.98 Å². The van der Waals surface area contributed by atoms with Crippen LogP contribution in [0, 0.1) is 5.41 Å². The molecule has 0 saturated heterocycles. The van der Waals surface area contributed by atoms with Gasteiger partial charge in [-0.15, -0.1) is 0 Å². The van der Waals surface area contributed by atoms with E-state index in [-0.39, 0.29) is 0 Å². The lowest BCUT2D eigenvalue weighted by molar-refractivity contribution is 0.399. The first-order chi connectivity index (χ1) is 19.7. The Labute approximate surface area is 249 Å². The molecule has 8 nitrogen and oxygen atoms in total. The highest BCUT2D eigenvalue weighted by Gasteiger charge is 2.06. The zero-order valence-corrected chi connectivity index (χ0v) is 26.9. The Morgan fingerprint density at radius 3 is 2.07 bits per heavy atom. The van der Waals surface area contributed by atoms with Gasteiger partial charge >= 0.3 is 0 Å². The average molecular weight is 569 g/mol. The van der Waals surface area contributed by atoms with Gasteiger partial charge in [0.25, 0.3) is 0 Å². The molecule has 0 fully saturated rings. The van der Waals surface area contributed by atoms with Gasteiger partial charge in [0.15, 0.2) is 0 Å². The highest BCUT2D eigenvalue weighted by Crippen LogP contribution is 2.20. The Bertz CT molecular complexity index is 1020. The predicted molar refractivity (Wildman–Crippen MR) is 179 cm³/mol. The maximum Gasteiger partial charge on any atom is 0.229 e. The van der Waals surface area contributed by atoms with Gasteiger partial charge in [0.1, 0.15) is 5.82 Å². The van der Waals surface area contributed by atoms with Crippen molar-refractivity contribution in [2.75, 3.05) is 43.2 Å². The highest BCUT2D eigenvalue weighted by molar-refractivity contribution is 5.62. The molecule has 0 aliphatic heterocycles. The van der Waals surface area contributed by atoms with Gasteiger partial charge in [-0.1, -0.05) is 91.4 Å². The van der Waals surface area contributed by atoms with Crippen LogP contribution in [0.1, 0.15) is 66.0 Å². The Kier molecular flexibility index (Phi) is 24.4. The molecule has 0 amide bonds. The van der Waals surface area contributed by atoms with E-state index in [0.717, 1.165) is 68.6 Å². The van der Waals surface area contributed by atoms with E-state index in [0.29, 0.717) is 11.4 Å². The Hall–Kier alpha value is -3.62. The zero-order valence-electron chi connectivity index (χ0n) is 26.9. The normalized spacial score (nSPS) is 9.51. The summed E-state index contributed by atoms with van der Waals surface area (Å²) in [6, 6.07) is 18.5. The van der Waals surface area contributed by atoms with Gasteiger partial charge in [0, 0.05) is 50.4 Å². The molecule has 1 heterocycles. The van der Waals surface area contributed by atoms with Crippen molar-refractivity contribution in [2.24, 2.45) is 5.41 Å². The lowest BCUT2D eigenvalue weighted by atomic mass is 10.0. The third-order valence-corrected chi connectivity index (χ3v) is 4.65. The number of hydrogen-bond donors (Lipinski definition) is 6. The van der Waals surface area contributed by atoms with Crippen LogP contribution in [-0.2, 0) is 13.0 Å². The number of aliphatic hydroxyl groups is 2. The van der Waals surface area contributed by atoms with E-state index >= 15 is 0 Å². The predicted octanol–water partition coefficient (Wildman–Crippen LogP) is 7.79. The van der Waals surface area contributed by atoms with Gasteiger partial charge in [0.05, 0.1) is 6.26 Å². The van der Waals surface area contributed by atoms with Crippen molar-refractivity contribution in [3.05, 3.63) is 84.8 Å². The van der Waals surface area contributed by atoms with Crippen LogP contribution in [0.3, 0.4) is 0 Å². The molecule has 0 radical (unpaired) electrons. The van der Waals surface area contributed by atoms with Gasteiger partial charge < -0.3 is 31.5 Å². The number of nitrogens with one attached hydrogen (secondary N) is 4. The fourth-order valence-corrected chi connectivity index (χ4v) is 3.01. The molecule has 230 valence electrons. The molecule has 0 bridgehead atoms.